The zero-order valence-corrected chi connectivity index (χ0v) is 15.0. The number of ether oxygens (including phenoxy) is 1. The summed E-state index contributed by atoms with van der Waals surface area (Å²) in [5.74, 6) is -1.44. The van der Waals surface area contributed by atoms with E-state index in [1.807, 2.05) is 60.7 Å². The molecule has 5 nitrogen and oxygen atoms in total. The van der Waals surface area contributed by atoms with Crippen LogP contribution in [0, 0.1) is 11.8 Å². The highest BCUT2D eigenvalue weighted by Crippen LogP contribution is 2.51. The van der Waals surface area contributed by atoms with Crippen LogP contribution in [0.3, 0.4) is 0 Å². The van der Waals surface area contributed by atoms with Crippen LogP contribution in [0.2, 0.25) is 0 Å². The number of hydrogen-bond donors (Lipinski definition) is 1. The van der Waals surface area contributed by atoms with Gasteiger partial charge in [0.15, 0.2) is 0 Å². The molecule has 5 heteroatoms. The Kier molecular flexibility index (Phi) is 4.84. The van der Waals surface area contributed by atoms with Crippen LogP contribution in [0.4, 0.5) is 4.79 Å². The quantitative estimate of drug-likeness (QED) is 0.880. The number of nitrogens with zero attached hydrogens (tertiary/aromatic N) is 1. The van der Waals surface area contributed by atoms with Crippen molar-refractivity contribution in [2.24, 2.45) is 11.8 Å². The van der Waals surface area contributed by atoms with E-state index in [0.29, 0.717) is 0 Å². The number of carboxylic acid groups (broad SMARTS) is 1. The van der Waals surface area contributed by atoms with Crippen LogP contribution in [0.5, 0.6) is 0 Å². The van der Waals surface area contributed by atoms with Gasteiger partial charge in [0.25, 0.3) is 0 Å². The van der Waals surface area contributed by atoms with Crippen molar-refractivity contribution in [2.45, 2.75) is 38.0 Å². The van der Waals surface area contributed by atoms with Gasteiger partial charge in [-0.25, -0.2) is 4.79 Å². The molecule has 1 saturated heterocycles. The van der Waals surface area contributed by atoms with Gasteiger partial charge in [0.2, 0.25) is 0 Å². The lowest BCUT2D eigenvalue weighted by Gasteiger charge is -2.30. The fraction of sp³-hybridized carbons (Fsp3) is 0.364. The Hall–Kier alpha value is -2.82. The summed E-state index contributed by atoms with van der Waals surface area (Å²) in [5.41, 5.74) is 1.77. The zero-order chi connectivity index (χ0) is 18.8. The number of amides is 1. The van der Waals surface area contributed by atoms with E-state index in [1.54, 1.807) is 4.90 Å². The summed E-state index contributed by atoms with van der Waals surface area (Å²) < 4.78 is 5.59. The van der Waals surface area contributed by atoms with Crippen molar-refractivity contribution < 1.29 is 19.4 Å². The molecule has 0 bridgehead atoms. The summed E-state index contributed by atoms with van der Waals surface area (Å²) in [7, 11) is 0. The van der Waals surface area contributed by atoms with E-state index in [0.717, 1.165) is 30.4 Å². The van der Waals surface area contributed by atoms with E-state index in [2.05, 4.69) is 0 Å². The first kappa shape index (κ1) is 17.6. The molecular formula is C22H23NO4. The second kappa shape index (κ2) is 7.43. The lowest BCUT2D eigenvalue weighted by atomic mass is 9.85. The summed E-state index contributed by atoms with van der Waals surface area (Å²) >= 11 is 0. The Morgan fingerprint density at radius 3 is 2.33 bits per heavy atom. The molecule has 1 aliphatic heterocycles. The molecular weight excluding hydrogens is 342 g/mol. The summed E-state index contributed by atoms with van der Waals surface area (Å²) in [6.07, 6.45) is 2.20. The van der Waals surface area contributed by atoms with E-state index >= 15 is 0 Å². The molecule has 1 aliphatic carbocycles. The number of rotatable bonds is 4. The summed E-state index contributed by atoms with van der Waals surface area (Å²) in [6.45, 7) is 0.187. The van der Waals surface area contributed by atoms with E-state index in [9.17, 15) is 14.7 Å². The number of carbonyl (C=O) groups is 2. The highest BCUT2D eigenvalue weighted by atomic mass is 16.6. The van der Waals surface area contributed by atoms with Gasteiger partial charge in [0.05, 0.1) is 12.0 Å². The normalized spacial score (nSPS) is 26.6. The summed E-state index contributed by atoms with van der Waals surface area (Å²) in [6, 6.07) is 18.4. The maximum absolute atomic E-state index is 13.0. The molecule has 1 saturated carbocycles. The van der Waals surface area contributed by atoms with Crippen molar-refractivity contribution in [2.75, 3.05) is 0 Å². The highest BCUT2D eigenvalue weighted by Gasteiger charge is 2.56. The third-order valence-corrected chi connectivity index (χ3v) is 5.83. The molecule has 4 unspecified atom stereocenters. The van der Waals surface area contributed by atoms with Gasteiger partial charge < -0.3 is 9.84 Å². The molecule has 0 aromatic heterocycles. The third kappa shape index (κ3) is 3.29. The average molecular weight is 365 g/mol. The molecule has 2 aromatic carbocycles. The monoisotopic (exact) mass is 365 g/mol. The van der Waals surface area contributed by atoms with Crippen molar-refractivity contribution >= 4 is 12.1 Å². The number of likely N-dealkylation sites (tertiary alicyclic amines) is 1. The number of carbonyl (C=O) groups excluding carboxylic acids is 1. The second-order valence-corrected chi connectivity index (χ2v) is 7.33. The molecule has 0 spiro atoms. The number of benzene rings is 2. The molecule has 1 N–H and O–H groups in total. The van der Waals surface area contributed by atoms with E-state index in [-0.39, 0.29) is 18.6 Å². The van der Waals surface area contributed by atoms with Crippen LogP contribution in [-0.2, 0) is 16.1 Å². The van der Waals surface area contributed by atoms with Crippen molar-refractivity contribution in [1.82, 2.24) is 4.90 Å². The first-order valence-corrected chi connectivity index (χ1v) is 9.43. The summed E-state index contributed by atoms with van der Waals surface area (Å²) in [4.78, 5) is 26.8. The lowest BCUT2D eigenvalue weighted by molar-refractivity contribution is -0.143. The predicted molar refractivity (Wildman–Crippen MR) is 99.9 cm³/mol. The van der Waals surface area contributed by atoms with Gasteiger partial charge in [-0.1, -0.05) is 67.1 Å². The number of hydrogen-bond acceptors (Lipinski definition) is 3. The molecule has 27 heavy (non-hydrogen) atoms. The van der Waals surface area contributed by atoms with Crippen LogP contribution in [-0.4, -0.2) is 28.1 Å². The van der Waals surface area contributed by atoms with E-state index in [4.69, 9.17) is 4.74 Å². The molecule has 4 rings (SSSR count). The van der Waals surface area contributed by atoms with Crippen LogP contribution < -0.4 is 0 Å². The van der Waals surface area contributed by atoms with E-state index < -0.39 is 24.0 Å². The minimum atomic E-state index is -0.834. The van der Waals surface area contributed by atoms with Crippen LogP contribution >= 0.6 is 0 Å². The van der Waals surface area contributed by atoms with Crippen molar-refractivity contribution in [3.05, 3.63) is 71.8 Å². The van der Waals surface area contributed by atoms with Gasteiger partial charge in [0.1, 0.15) is 6.61 Å². The zero-order valence-electron chi connectivity index (χ0n) is 15.0. The smallest absolute Gasteiger partial charge is 0.410 e. The van der Waals surface area contributed by atoms with Gasteiger partial charge in [-0.3, -0.25) is 9.69 Å². The van der Waals surface area contributed by atoms with E-state index in [1.165, 1.54) is 0 Å². The molecule has 2 aliphatic rings. The third-order valence-electron chi connectivity index (χ3n) is 5.83. The van der Waals surface area contributed by atoms with Gasteiger partial charge >= 0.3 is 12.1 Å². The molecule has 0 radical (unpaired) electrons. The fourth-order valence-electron chi connectivity index (χ4n) is 4.73. The van der Waals surface area contributed by atoms with Crippen molar-refractivity contribution in [3.8, 4) is 0 Å². The predicted octanol–water partition coefficient (Wildman–Crippen LogP) is 4.25. The molecule has 2 fully saturated rings. The summed E-state index contributed by atoms with van der Waals surface area (Å²) in [5, 5.41) is 9.92. The first-order chi connectivity index (χ1) is 13.2. The SMILES string of the molecule is O=C(O)C1C2CCCC2N(C(=O)OCc2ccccc2)C1c1ccccc1. The van der Waals surface area contributed by atoms with Gasteiger partial charge in [-0.05, 0) is 29.9 Å². The fourth-order valence-corrected chi connectivity index (χ4v) is 4.73. The Morgan fingerprint density at radius 1 is 1.00 bits per heavy atom. The van der Waals surface area contributed by atoms with Gasteiger partial charge in [0, 0.05) is 6.04 Å². The largest absolute Gasteiger partial charge is 0.481 e. The molecule has 140 valence electrons. The van der Waals surface area contributed by atoms with Crippen molar-refractivity contribution in [3.63, 3.8) is 0 Å². The van der Waals surface area contributed by atoms with Gasteiger partial charge in [-0.2, -0.15) is 0 Å². The van der Waals surface area contributed by atoms with Crippen molar-refractivity contribution in [1.29, 1.82) is 0 Å². The number of carboxylic acids is 1. The lowest BCUT2D eigenvalue weighted by Crippen LogP contribution is -2.38. The second-order valence-electron chi connectivity index (χ2n) is 7.33. The van der Waals surface area contributed by atoms with Crippen LogP contribution in [0.15, 0.2) is 60.7 Å². The molecule has 1 heterocycles. The Morgan fingerprint density at radius 2 is 1.67 bits per heavy atom. The topological polar surface area (TPSA) is 66.8 Å². The number of aliphatic carboxylic acids is 1. The molecule has 1 amide bonds. The maximum atomic E-state index is 13.0. The van der Waals surface area contributed by atoms with Crippen LogP contribution in [0.1, 0.15) is 36.4 Å². The molecule has 2 aromatic rings. The highest BCUT2D eigenvalue weighted by molar-refractivity contribution is 5.77. The standard InChI is InChI=1S/C22H23NO4/c24-21(25)19-17-12-7-13-18(17)23(20(19)16-10-5-2-6-11-16)22(26)27-14-15-8-3-1-4-9-15/h1-6,8-11,17-20H,7,12-14H2,(H,24,25). The maximum Gasteiger partial charge on any atom is 0.410 e. The molecule has 4 atom stereocenters. The Balaban J connectivity index is 1.63. The average Bonchev–Trinajstić information content (AvgIpc) is 3.27. The first-order valence-electron chi connectivity index (χ1n) is 9.43. The Bertz CT molecular complexity index is 808. The Labute approximate surface area is 158 Å². The van der Waals surface area contributed by atoms with Crippen LogP contribution in [0.25, 0.3) is 0 Å². The minimum absolute atomic E-state index is 0.0167. The number of fused-ring (bicyclic) bond motifs is 1. The minimum Gasteiger partial charge on any atom is -0.481 e. The van der Waals surface area contributed by atoms with Gasteiger partial charge in [-0.15, -0.1) is 0 Å².